The number of anilines is 2. The van der Waals surface area contributed by atoms with Gasteiger partial charge in [-0.05, 0) is 66.5 Å². The van der Waals surface area contributed by atoms with Gasteiger partial charge >= 0.3 is 41.6 Å². The molecule has 0 saturated heterocycles. The summed E-state index contributed by atoms with van der Waals surface area (Å²) in [5, 5.41) is 29.6. The third kappa shape index (κ3) is 13.7. The number of aromatic carboxylic acids is 2. The standard InChI is InChI=1S/C28H50N4O12Si2/c1-7-39-45(40-8-2,41-9-3)17-13-15-29-27(37)31-23-19-22(26(35)36)24(20-21(23)25(33)34)32-28(38)30-16-14-18-46(42-10-4,43-11-5)44-12-6/h19-20H,7-18H2,1-6H3,(H,33,34)(H,35,36)(H2,29,31,37)(H2,30,32,38). The fourth-order valence-electron chi connectivity index (χ4n) is 4.51. The van der Waals surface area contributed by atoms with Crippen molar-refractivity contribution in [2.75, 3.05) is 63.4 Å². The third-order valence-corrected chi connectivity index (χ3v) is 12.5. The van der Waals surface area contributed by atoms with Crippen LogP contribution >= 0.6 is 0 Å². The average molecular weight is 691 g/mol. The maximum atomic E-state index is 12.6. The van der Waals surface area contributed by atoms with Crippen molar-refractivity contribution in [3.8, 4) is 0 Å². The van der Waals surface area contributed by atoms with Gasteiger partial charge < -0.3 is 58.0 Å². The number of carboxylic acids is 2. The van der Waals surface area contributed by atoms with E-state index < -0.39 is 52.7 Å². The molecule has 0 heterocycles. The molecule has 46 heavy (non-hydrogen) atoms. The van der Waals surface area contributed by atoms with Crippen molar-refractivity contribution in [3.05, 3.63) is 23.3 Å². The second-order valence-electron chi connectivity index (χ2n) is 9.49. The largest absolute Gasteiger partial charge is 0.500 e. The highest BCUT2D eigenvalue weighted by molar-refractivity contribution is 6.61. The van der Waals surface area contributed by atoms with E-state index in [-0.39, 0.29) is 24.5 Å². The molecule has 6 N–H and O–H groups in total. The lowest BCUT2D eigenvalue weighted by Crippen LogP contribution is -2.46. The number of hydrogen-bond donors (Lipinski definition) is 6. The molecule has 0 saturated carbocycles. The summed E-state index contributed by atoms with van der Waals surface area (Å²) in [7, 11) is -5.81. The van der Waals surface area contributed by atoms with Crippen molar-refractivity contribution in [1.82, 2.24) is 10.6 Å². The van der Waals surface area contributed by atoms with Gasteiger partial charge in [0.1, 0.15) is 0 Å². The Morgan fingerprint density at radius 2 is 0.848 bits per heavy atom. The molecule has 0 radical (unpaired) electrons. The van der Waals surface area contributed by atoms with Gasteiger partial charge in [-0.1, -0.05) is 0 Å². The monoisotopic (exact) mass is 690 g/mol. The van der Waals surface area contributed by atoms with Crippen LogP contribution in [0.3, 0.4) is 0 Å². The lowest BCUT2D eigenvalue weighted by Gasteiger charge is -2.28. The molecule has 0 fully saturated rings. The predicted molar refractivity (Wildman–Crippen MR) is 175 cm³/mol. The maximum absolute atomic E-state index is 12.6. The van der Waals surface area contributed by atoms with Crippen LogP contribution in [0, 0.1) is 0 Å². The molecule has 0 bridgehead atoms. The fourth-order valence-corrected chi connectivity index (χ4v) is 9.73. The molecular formula is C28H50N4O12Si2. The van der Waals surface area contributed by atoms with E-state index >= 15 is 0 Å². The van der Waals surface area contributed by atoms with Crippen molar-refractivity contribution in [2.45, 2.75) is 66.5 Å². The number of urea groups is 2. The Labute approximate surface area is 272 Å². The van der Waals surface area contributed by atoms with E-state index in [2.05, 4.69) is 21.3 Å². The molecule has 1 aromatic rings. The minimum atomic E-state index is -2.90. The first-order valence-corrected chi connectivity index (χ1v) is 19.4. The van der Waals surface area contributed by atoms with Crippen molar-refractivity contribution in [3.63, 3.8) is 0 Å². The van der Waals surface area contributed by atoms with E-state index in [0.717, 1.165) is 12.1 Å². The van der Waals surface area contributed by atoms with Gasteiger partial charge in [-0.2, -0.15) is 0 Å². The second kappa shape index (κ2) is 21.6. The smallest absolute Gasteiger partial charge is 0.478 e. The van der Waals surface area contributed by atoms with Gasteiger partial charge in [-0.25, -0.2) is 19.2 Å². The second-order valence-corrected chi connectivity index (χ2v) is 15.0. The average Bonchev–Trinajstić information content (AvgIpc) is 2.99. The van der Waals surface area contributed by atoms with Crippen LogP contribution in [-0.4, -0.2) is 105 Å². The minimum Gasteiger partial charge on any atom is -0.478 e. The third-order valence-electron chi connectivity index (χ3n) is 6.19. The number of rotatable bonds is 24. The van der Waals surface area contributed by atoms with Crippen LogP contribution in [-0.2, 0) is 26.6 Å². The highest BCUT2D eigenvalue weighted by atomic mass is 28.4. The Kier molecular flexibility index (Phi) is 19.3. The van der Waals surface area contributed by atoms with Gasteiger partial charge in [-0.3, -0.25) is 0 Å². The zero-order valence-corrected chi connectivity index (χ0v) is 29.6. The zero-order valence-electron chi connectivity index (χ0n) is 27.6. The highest BCUT2D eigenvalue weighted by Gasteiger charge is 2.40. The molecule has 0 aliphatic heterocycles. The van der Waals surface area contributed by atoms with E-state index in [0.29, 0.717) is 64.6 Å². The van der Waals surface area contributed by atoms with Gasteiger partial charge in [0.05, 0.1) is 22.5 Å². The molecular weight excluding hydrogens is 640 g/mol. The quantitative estimate of drug-likeness (QED) is 0.0665. The summed E-state index contributed by atoms with van der Waals surface area (Å²) in [5.41, 5.74) is -1.38. The summed E-state index contributed by atoms with van der Waals surface area (Å²) in [6.45, 7) is 13.9. The first kappa shape index (κ1) is 40.9. The van der Waals surface area contributed by atoms with Crippen molar-refractivity contribution in [1.29, 1.82) is 0 Å². The molecule has 0 spiro atoms. The van der Waals surface area contributed by atoms with Crippen molar-refractivity contribution < 1.29 is 55.9 Å². The number of carbonyl (C=O) groups excluding carboxylic acids is 2. The summed E-state index contributed by atoms with van der Waals surface area (Å²) < 4.78 is 34.8. The Morgan fingerprint density at radius 3 is 1.09 bits per heavy atom. The first-order chi connectivity index (χ1) is 22.0. The van der Waals surface area contributed by atoms with Crippen LogP contribution in [0.15, 0.2) is 12.1 Å². The summed E-state index contributed by atoms with van der Waals surface area (Å²) in [6, 6.07) is 1.35. The molecule has 18 heteroatoms. The first-order valence-electron chi connectivity index (χ1n) is 15.5. The van der Waals surface area contributed by atoms with E-state index in [4.69, 9.17) is 26.6 Å². The zero-order chi connectivity index (χ0) is 34.6. The Hall–Kier alpha value is -3.11. The number of carbonyl (C=O) groups is 4. The molecule has 1 rings (SSSR count). The Balaban J connectivity index is 2.92. The van der Waals surface area contributed by atoms with Crippen LogP contribution in [0.1, 0.15) is 75.1 Å². The summed E-state index contributed by atoms with van der Waals surface area (Å²) in [4.78, 5) is 49.3. The molecule has 262 valence electrons. The lowest BCUT2D eigenvalue weighted by atomic mass is 10.1. The molecule has 0 aliphatic carbocycles. The predicted octanol–water partition coefficient (Wildman–Crippen LogP) is 4.20. The molecule has 0 unspecified atom stereocenters. The van der Waals surface area contributed by atoms with E-state index in [1.165, 1.54) is 0 Å². The summed E-state index contributed by atoms with van der Waals surface area (Å²) >= 11 is 0. The Morgan fingerprint density at radius 1 is 0.565 bits per heavy atom. The Bertz CT molecular complexity index is 1010. The SMILES string of the molecule is CCO[Si](CCCNC(=O)Nc1cc(C(=O)O)c(NC(=O)NCCC[Si](OCC)(OCC)OCC)cc1C(=O)O)(OCC)OCC. The van der Waals surface area contributed by atoms with E-state index in [1.54, 1.807) is 0 Å². The number of nitrogens with one attached hydrogen (secondary N) is 4. The normalized spacial score (nSPS) is 11.6. The van der Waals surface area contributed by atoms with Gasteiger partial charge in [0.2, 0.25) is 0 Å². The minimum absolute atomic E-state index is 0.186. The van der Waals surface area contributed by atoms with Crippen LogP contribution in [0.4, 0.5) is 21.0 Å². The van der Waals surface area contributed by atoms with Crippen LogP contribution in [0.25, 0.3) is 0 Å². The molecule has 0 atom stereocenters. The number of carboxylic acid groups (broad SMARTS) is 2. The number of hydrogen-bond acceptors (Lipinski definition) is 10. The van der Waals surface area contributed by atoms with E-state index in [1.807, 2.05) is 41.5 Å². The molecule has 0 aromatic heterocycles. The number of amides is 4. The van der Waals surface area contributed by atoms with Gasteiger partial charge in [0, 0.05) is 64.8 Å². The summed E-state index contributed by atoms with van der Waals surface area (Å²) in [5.74, 6) is -2.89. The van der Waals surface area contributed by atoms with Crippen LogP contribution in [0.2, 0.25) is 12.1 Å². The lowest BCUT2D eigenvalue weighted by molar-refractivity contribution is 0.0682. The molecule has 4 amide bonds. The van der Waals surface area contributed by atoms with Gasteiger partial charge in [-0.15, -0.1) is 0 Å². The van der Waals surface area contributed by atoms with Gasteiger partial charge in [0.25, 0.3) is 0 Å². The van der Waals surface area contributed by atoms with Crippen molar-refractivity contribution in [2.24, 2.45) is 0 Å². The van der Waals surface area contributed by atoms with Crippen LogP contribution in [0.5, 0.6) is 0 Å². The fraction of sp³-hybridized carbons (Fsp3) is 0.643. The van der Waals surface area contributed by atoms with Crippen LogP contribution < -0.4 is 21.3 Å². The number of benzene rings is 1. The molecule has 0 aliphatic rings. The topological polar surface area (TPSA) is 212 Å². The highest BCUT2D eigenvalue weighted by Crippen LogP contribution is 2.26. The molecule has 16 nitrogen and oxygen atoms in total. The molecule has 1 aromatic carbocycles. The van der Waals surface area contributed by atoms with Gasteiger partial charge in [0.15, 0.2) is 0 Å². The maximum Gasteiger partial charge on any atom is 0.500 e. The summed E-state index contributed by atoms with van der Waals surface area (Å²) in [6.07, 6.45) is 0.908. The van der Waals surface area contributed by atoms with Crippen molar-refractivity contribution >= 4 is 53.0 Å². The van der Waals surface area contributed by atoms with E-state index in [9.17, 15) is 29.4 Å².